The van der Waals surface area contributed by atoms with Gasteiger partial charge in [0, 0.05) is 42.0 Å². The van der Waals surface area contributed by atoms with Gasteiger partial charge in [0.05, 0.1) is 0 Å². The summed E-state index contributed by atoms with van der Waals surface area (Å²) in [6.07, 6.45) is 3.41. The molecule has 2 atom stereocenters. The van der Waals surface area contributed by atoms with Gasteiger partial charge in [0.25, 0.3) is 0 Å². The van der Waals surface area contributed by atoms with Crippen LogP contribution in [0.2, 0.25) is 0 Å². The average molecular weight is 255 g/mol. The largest absolute Gasteiger partial charge is 0.299 e. The van der Waals surface area contributed by atoms with Gasteiger partial charge in [-0.05, 0) is 19.8 Å². The fourth-order valence-electron chi connectivity index (χ4n) is 3.09. The Kier molecular flexibility index (Phi) is 4.19. The molecule has 0 radical (unpaired) electrons. The van der Waals surface area contributed by atoms with Gasteiger partial charge in [-0.3, -0.25) is 9.69 Å². The molecule has 2 unspecified atom stereocenters. The fraction of sp³-hybridized carbons (Fsp3) is 0.929. The minimum Gasteiger partial charge on any atom is -0.299 e. The molecular weight excluding hydrogens is 230 g/mol. The van der Waals surface area contributed by atoms with Crippen molar-refractivity contribution in [3.05, 3.63) is 0 Å². The first kappa shape index (κ1) is 13.4. The van der Waals surface area contributed by atoms with Crippen LogP contribution in [-0.2, 0) is 4.79 Å². The van der Waals surface area contributed by atoms with Crippen LogP contribution in [-0.4, -0.2) is 41.3 Å². The highest BCUT2D eigenvalue weighted by molar-refractivity contribution is 7.99. The van der Waals surface area contributed by atoms with E-state index < -0.39 is 0 Å². The molecular formula is C14H25NOS. The first-order chi connectivity index (χ1) is 8.00. The van der Waals surface area contributed by atoms with Gasteiger partial charge in [0.2, 0.25) is 0 Å². The predicted molar refractivity (Wildman–Crippen MR) is 74.5 cm³/mol. The van der Waals surface area contributed by atoms with Crippen molar-refractivity contribution < 1.29 is 4.79 Å². The topological polar surface area (TPSA) is 20.3 Å². The number of hydrogen-bond acceptors (Lipinski definition) is 3. The molecule has 0 amide bonds. The van der Waals surface area contributed by atoms with Crippen LogP contribution in [0.3, 0.4) is 0 Å². The van der Waals surface area contributed by atoms with E-state index in [-0.39, 0.29) is 5.41 Å². The standard InChI is InChI=1S/C14H25NOS/c1-11-10-17-8-7-15(11)9-12-5-4-6-14(2,3)13(12)16/h11-12H,4-10H2,1-3H3. The molecule has 1 aliphatic carbocycles. The Morgan fingerprint density at radius 1 is 1.47 bits per heavy atom. The first-order valence-electron chi connectivity index (χ1n) is 6.87. The molecule has 1 saturated carbocycles. The molecule has 2 aliphatic rings. The SMILES string of the molecule is CC1CSCCN1CC1CCCC(C)(C)C1=O. The monoisotopic (exact) mass is 255 g/mol. The van der Waals surface area contributed by atoms with Gasteiger partial charge in [-0.1, -0.05) is 20.3 Å². The molecule has 0 spiro atoms. The average Bonchev–Trinajstić information content (AvgIpc) is 2.28. The van der Waals surface area contributed by atoms with E-state index in [9.17, 15) is 4.79 Å². The third-order valence-corrected chi connectivity index (χ3v) is 5.54. The second kappa shape index (κ2) is 5.31. The fourth-order valence-corrected chi connectivity index (χ4v) is 4.17. The van der Waals surface area contributed by atoms with E-state index in [0.29, 0.717) is 17.7 Å². The quantitative estimate of drug-likeness (QED) is 0.757. The van der Waals surface area contributed by atoms with E-state index in [1.807, 2.05) is 11.8 Å². The summed E-state index contributed by atoms with van der Waals surface area (Å²) in [6, 6.07) is 0.645. The third kappa shape index (κ3) is 3.05. The van der Waals surface area contributed by atoms with Crippen LogP contribution in [0.5, 0.6) is 0 Å². The summed E-state index contributed by atoms with van der Waals surface area (Å²) in [5.74, 6) is 3.26. The van der Waals surface area contributed by atoms with Crippen molar-refractivity contribution in [1.82, 2.24) is 4.90 Å². The van der Waals surface area contributed by atoms with E-state index >= 15 is 0 Å². The summed E-state index contributed by atoms with van der Waals surface area (Å²) in [5, 5.41) is 0. The molecule has 0 bridgehead atoms. The van der Waals surface area contributed by atoms with E-state index in [2.05, 4.69) is 25.7 Å². The van der Waals surface area contributed by atoms with E-state index in [1.165, 1.54) is 17.9 Å². The Morgan fingerprint density at radius 3 is 2.94 bits per heavy atom. The molecule has 0 N–H and O–H groups in total. The summed E-state index contributed by atoms with van der Waals surface area (Å²) >= 11 is 2.04. The molecule has 3 heteroatoms. The molecule has 0 aromatic heterocycles. The molecule has 1 heterocycles. The zero-order chi connectivity index (χ0) is 12.5. The van der Waals surface area contributed by atoms with Gasteiger partial charge in [0.1, 0.15) is 5.78 Å². The number of hydrogen-bond donors (Lipinski definition) is 0. The number of thioether (sulfide) groups is 1. The van der Waals surface area contributed by atoms with Crippen molar-refractivity contribution in [2.75, 3.05) is 24.6 Å². The predicted octanol–water partition coefficient (Wildman–Crippen LogP) is 2.82. The minimum atomic E-state index is -0.0727. The Hall–Kier alpha value is -0.0200. The molecule has 1 saturated heterocycles. The van der Waals surface area contributed by atoms with Crippen molar-refractivity contribution >= 4 is 17.5 Å². The lowest BCUT2D eigenvalue weighted by atomic mass is 9.71. The number of carbonyl (C=O) groups is 1. The highest BCUT2D eigenvalue weighted by atomic mass is 32.2. The van der Waals surface area contributed by atoms with Crippen molar-refractivity contribution in [2.24, 2.45) is 11.3 Å². The lowest BCUT2D eigenvalue weighted by Crippen LogP contribution is -2.47. The van der Waals surface area contributed by atoms with Crippen LogP contribution in [0.15, 0.2) is 0 Å². The first-order valence-corrected chi connectivity index (χ1v) is 8.02. The lowest BCUT2D eigenvalue weighted by Gasteiger charge is -2.39. The Balaban J connectivity index is 1.95. The minimum absolute atomic E-state index is 0.0727. The highest BCUT2D eigenvalue weighted by Gasteiger charge is 2.38. The van der Waals surface area contributed by atoms with E-state index in [4.69, 9.17) is 0 Å². The summed E-state index contributed by atoms with van der Waals surface area (Å²) in [7, 11) is 0. The number of carbonyl (C=O) groups excluding carboxylic acids is 1. The number of Topliss-reactive ketones (excluding diaryl/α,β-unsaturated/α-hetero) is 1. The normalized spacial score (nSPS) is 34.9. The molecule has 2 rings (SSSR count). The highest BCUT2D eigenvalue weighted by Crippen LogP contribution is 2.36. The number of ketones is 1. The second-order valence-electron chi connectivity index (χ2n) is 6.26. The zero-order valence-corrected chi connectivity index (χ0v) is 12.2. The van der Waals surface area contributed by atoms with Gasteiger partial charge in [-0.15, -0.1) is 0 Å². The van der Waals surface area contributed by atoms with Gasteiger partial charge in [0.15, 0.2) is 0 Å². The number of rotatable bonds is 2. The lowest BCUT2D eigenvalue weighted by molar-refractivity contribution is -0.135. The molecule has 0 aromatic rings. The molecule has 98 valence electrons. The van der Waals surface area contributed by atoms with Crippen molar-refractivity contribution in [2.45, 2.75) is 46.1 Å². The van der Waals surface area contributed by atoms with Crippen LogP contribution < -0.4 is 0 Å². The summed E-state index contributed by atoms with van der Waals surface area (Å²) in [5.41, 5.74) is -0.0727. The van der Waals surface area contributed by atoms with Crippen LogP contribution in [0.25, 0.3) is 0 Å². The maximum Gasteiger partial charge on any atom is 0.142 e. The van der Waals surface area contributed by atoms with E-state index in [1.54, 1.807) is 0 Å². The van der Waals surface area contributed by atoms with Crippen molar-refractivity contribution in [1.29, 1.82) is 0 Å². The number of nitrogens with zero attached hydrogens (tertiary/aromatic N) is 1. The summed E-state index contributed by atoms with van der Waals surface area (Å²) in [6.45, 7) is 8.71. The zero-order valence-electron chi connectivity index (χ0n) is 11.4. The van der Waals surface area contributed by atoms with Gasteiger partial charge in [-0.2, -0.15) is 11.8 Å². The van der Waals surface area contributed by atoms with Gasteiger partial charge >= 0.3 is 0 Å². The third-order valence-electron chi connectivity index (χ3n) is 4.35. The van der Waals surface area contributed by atoms with Crippen LogP contribution >= 0.6 is 11.8 Å². The molecule has 2 fully saturated rings. The molecule has 1 aliphatic heterocycles. The Labute approximate surface area is 110 Å². The molecule has 0 aromatic carbocycles. The second-order valence-corrected chi connectivity index (χ2v) is 7.41. The van der Waals surface area contributed by atoms with Crippen molar-refractivity contribution in [3.63, 3.8) is 0 Å². The maximum absolute atomic E-state index is 12.4. The summed E-state index contributed by atoms with van der Waals surface area (Å²) in [4.78, 5) is 14.9. The van der Waals surface area contributed by atoms with Crippen molar-refractivity contribution in [3.8, 4) is 0 Å². The van der Waals surface area contributed by atoms with Crippen LogP contribution in [0, 0.1) is 11.3 Å². The van der Waals surface area contributed by atoms with E-state index in [0.717, 1.165) is 25.9 Å². The Bertz CT molecular complexity index is 290. The van der Waals surface area contributed by atoms with Gasteiger partial charge in [-0.25, -0.2) is 0 Å². The van der Waals surface area contributed by atoms with Crippen LogP contribution in [0.4, 0.5) is 0 Å². The van der Waals surface area contributed by atoms with Crippen LogP contribution in [0.1, 0.15) is 40.0 Å². The molecule has 2 nitrogen and oxygen atoms in total. The molecule has 17 heavy (non-hydrogen) atoms. The summed E-state index contributed by atoms with van der Waals surface area (Å²) < 4.78 is 0. The Morgan fingerprint density at radius 2 is 2.24 bits per heavy atom. The van der Waals surface area contributed by atoms with Gasteiger partial charge < -0.3 is 0 Å². The smallest absolute Gasteiger partial charge is 0.142 e. The maximum atomic E-state index is 12.4.